The van der Waals surface area contributed by atoms with E-state index in [1.54, 1.807) is 0 Å². The second-order valence-corrected chi connectivity index (χ2v) is 7.34. The molecule has 0 unspecified atom stereocenters. The predicted octanol–water partition coefficient (Wildman–Crippen LogP) is 5.89. The standard InChI is InChI=1S/C20H20BrN/c1-12-10-11-13(2)19-18(12)14-7-5-8-15(14)20(22-19)16-6-3-4-9-17(16)21/h3-7,9-11,14-15,20,22H,8H2,1-2H3/t14-,15-,20+/m1/s1. The van der Waals surface area contributed by atoms with Gasteiger partial charge in [-0.1, -0.05) is 58.4 Å². The molecule has 0 aromatic heterocycles. The molecular weight excluding hydrogens is 334 g/mol. The lowest BCUT2D eigenvalue weighted by Crippen LogP contribution is -2.30. The van der Waals surface area contributed by atoms with Crippen LogP contribution in [0.1, 0.15) is 40.6 Å². The van der Waals surface area contributed by atoms with Gasteiger partial charge in [0.25, 0.3) is 0 Å². The minimum atomic E-state index is 0.364. The first-order valence-corrected chi connectivity index (χ1v) is 8.74. The Morgan fingerprint density at radius 3 is 2.64 bits per heavy atom. The van der Waals surface area contributed by atoms with Crippen LogP contribution in [0.3, 0.4) is 0 Å². The van der Waals surface area contributed by atoms with Crippen molar-refractivity contribution in [1.82, 2.24) is 0 Å². The highest BCUT2D eigenvalue weighted by molar-refractivity contribution is 9.10. The molecule has 3 atom stereocenters. The van der Waals surface area contributed by atoms with Crippen LogP contribution in [0.2, 0.25) is 0 Å². The van der Waals surface area contributed by atoms with Crippen molar-refractivity contribution >= 4 is 21.6 Å². The van der Waals surface area contributed by atoms with Gasteiger partial charge in [0.05, 0.1) is 6.04 Å². The molecule has 0 fully saturated rings. The third kappa shape index (κ3) is 2.04. The topological polar surface area (TPSA) is 12.0 Å². The van der Waals surface area contributed by atoms with Gasteiger partial charge in [-0.05, 0) is 54.5 Å². The van der Waals surface area contributed by atoms with Crippen molar-refractivity contribution in [2.45, 2.75) is 32.2 Å². The summed E-state index contributed by atoms with van der Waals surface area (Å²) in [6.45, 7) is 4.45. The lowest BCUT2D eigenvalue weighted by molar-refractivity contribution is 0.423. The van der Waals surface area contributed by atoms with Gasteiger partial charge in [0.1, 0.15) is 0 Å². The lowest BCUT2D eigenvalue weighted by atomic mass is 9.75. The van der Waals surface area contributed by atoms with E-state index in [1.807, 2.05) is 0 Å². The van der Waals surface area contributed by atoms with Crippen molar-refractivity contribution in [3.05, 3.63) is 75.3 Å². The average molecular weight is 354 g/mol. The minimum absolute atomic E-state index is 0.364. The molecule has 1 N–H and O–H groups in total. The number of halogens is 1. The summed E-state index contributed by atoms with van der Waals surface area (Å²) in [6.07, 6.45) is 5.93. The SMILES string of the molecule is Cc1ccc(C)c2c1N[C@H](c1ccccc1Br)[C@@H]1CC=C[C@@H]21. The van der Waals surface area contributed by atoms with Crippen LogP contribution in [0.25, 0.3) is 0 Å². The Bertz CT molecular complexity index is 762. The summed E-state index contributed by atoms with van der Waals surface area (Å²) in [5, 5.41) is 3.86. The molecule has 4 rings (SSSR count). The van der Waals surface area contributed by atoms with Crippen molar-refractivity contribution < 1.29 is 0 Å². The number of anilines is 1. The van der Waals surface area contributed by atoms with Crippen LogP contribution in [-0.4, -0.2) is 0 Å². The zero-order valence-corrected chi connectivity index (χ0v) is 14.5. The third-order valence-electron chi connectivity index (χ3n) is 5.19. The highest BCUT2D eigenvalue weighted by Crippen LogP contribution is 2.52. The number of hydrogen-bond donors (Lipinski definition) is 1. The van der Waals surface area contributed by atoms with E-state index in [1.165, 1.54) is 32.4 Å². The molecular formula is C20H20BrN. The van der Waals surface area contributed by atoms with Crippen molar-refractivity contribution in [2.75, 3.05) is 5.32 Å². The molecule has 2 aromatic rings. The monoisotopic (exact) mass is 353 g/mol. The highest BCUT2D eigenvalue weighted by Gasteiger charge is 2.39. The molecule has 0 saturated carbocycles. The molecule has 1 heterocycles. The number of hydrogen-bond acceptors (Lipinski definition) is 1. The van der Waals surface area contributed by atoms with E-state index in [-0.39, 0.29) is 0 Å². The molecule has 2 aliphatic rings. The van der Waals surface area contributed by atoms with Gasteiger partial charge in [-0.15, -0.1) is 0 Å². The Morgan fingerprint density at radius 2 is 1.82 bits per heavy atom. The molecule has 0 radical (unpaired) electrons. The second-order valence-electron chi connectivity index (χ2n) is 6.49. The molecule has 1 aliphatic heterocycles. The van der Waals surface area contributed by atoms with E-state index in [2.05, 4.69) is 83.6 Å². The van der Waals surface area contributed by atoms with Gasteiger partial charge >= 0.3 is 0 Å². The van der Waals surface area contributed by atoms with Crippen molar-refractivity contribution in [3.8, 4) is 0 Å². The number of nitrogens with one attached hydrogen (secondary N) is 1. The largest absolute Gasteiger partial charge is 0.377 e. The average Bonchev–Trinajstić information content (AvgIpc) is 3.00. The summed E-state index contributed by atoms with van der Waals surface area (Å²) in [5.41, 5.74) is 6.96. The Kier molecular flexibility index (Phi) is 3.37. The molecule has 112 valence electrons. The van der Waals surface area contributed by atoms with Crippen LogP contribution in [0.4, 0.5) is 5.69 Å². The second kappa shape index (κ2) is 5.27. The first kappa shape index (κ1) is 14.1. The van der Waals surface area contributed by atoms with E-state index in [4.69, 9.17) is 0 Å². The summed E-state index contributed by atoms with van der Waals surface area (Å²) < 4.78 is 1.20. The summed E-state index contributed by atoms with van der Waals surface area (Å²) >= 11 is 3.74. The van der Waals surface area contributed by atoms with Gasteiger partial charge in [0.2, 0.25) is 0 Å². The number of rotatable bonds is 1. The van der Waals surface area contributed by atoms with E-state index >= 15 is 0 Å². The van der Waals surface area contributed by atoms with E-state index < -0.39 is 0 Å². The maximum Gasteiger partial charge on any atom is 0.0565 e. The molecule has 0 spiro atoms. The van der Waals surface area contributed by atoms with Gasteiger partial charge < -0.3 is 5.32 Å². The summed E-state index contributed by atoms with van der Waals surface area (Å²) in [6, 6.07) is 13.5. The van der Waals surface area contributed by atoms with Crippen LogP contribution in [0.5, 0.6) is 0 Å². The highest BCUT2D eigenvalue weighted by atomic mass is 79.9. The van der Waals surface area contributed by atoms with Gasteiger partial charge in [-0.25, -0.2) is 0 Å². The van der Waals surface area contributed by atoms with Crippen molar-refractivity contribution in [1.29, 1.82) is 0 Å². The first-order valence-electron chi connectivity index (χ1n) is 7.94. The molecule has 1 nitrogen and oxygen atoms in total. The zero-order valence-electron chi connectivity index (χ0n) is 12.9. The molecule has 0 amide bonds. The summed E-state index contributed by atoms with van der Waals surface area (Å²) in [4.78, 5) is 0. The molecule has 22 heavy (non-hydrogen) atoms. The van der Waals surface area contributed by atoms with E-state index in [0.717, 1.165) is 6.42 Å². The van der Waals surface area contributed by atoms with Gasteiger partial charge in [-0.2, -0.15) is 0 Å². The van der Waals surface area contributed by atoms with Crippen molar-refractivity contribution in [3.63, 3.8) is 0 Å². The number of fused-ring (bicyclic) bond motifs is 3. The molecule has 0 saturated heterocycles. The molecule has 1 aliphatic carbocycles. The van der Waals surface area contributed by atoms with E-state index in [0.29, 0.717) is 17.9 Å². The number of allylic oxidation sites excluding steroid dienone is 2. The van der Waals surface area contributed by atoms with Crippen LogP contribution in [0.15, 0.2) is 53.0 Å². The fourth-order valence-electron chi connectivity index (χ4n) is 4.08. The number of aryl methyl sites for hydroxylation is 2. The van der Waals surface area contributed by atoms with Crippen molar-refractivity contribution in [2.24, 2.45) is 5.92 Å². The fourth-order valence-corrected chi connectivity index (χ4v) is 4.61. The van der Waals surface area contributed by atoms with E-state index in [9.17, 15) is 0 Å². The zero-order chi connectivity index (χ0) is 15.3. The molecule has 2 heteroatoms. The fraction of sp³-hybridized carbons (Fsp3) is 0.300. The Morgan fingerprint density at radius 1 is 1.05 bits per heavy atom. The van der Waals surface area contributed by atoms with Gasteiger partial charge in [0.15, 0.2) is 0 Å². The lowest BCUT2D eigenvalue weighted by Gasteiger charge is -2.39. The first-order chi connectivity index (χ1) is 10.7. The number of benzene rings is 2. The van der Waals surface area contributed by atoms with Gasteiger partial charge in [0, 0.05) is 16.1 Å². The Balaban J connectivity index is 1.88. The third-order valence-corrected chi connectivity index (χ3v) is 5.91. The van der Waals surface area contributed by atoms with Crippen LogP contribution in [0, 0.1) is 19.8 Å². The van der Waals surface area contributed by atoms with Crippen LogP contribution < -0.4 is 5.32 Å². The minimum Gasteiger partial charge on any atom is -0.377 e. The van der Waals surface area contributed by atoms with Crippen LogP contribution >= 0.6 is 15.9 Å². The Hall–Kier alpha value is -1.54. The quantitative estimate of drug-likeness (QED) is 0.630. The maximum absolute atomic E-state index is 3.86. The molecule has 2 aromatic carbocycles. The molecule has 0 bridgehead atoms. The summed E-state index contributed by atoms with van der Waals surface area (Å²) in [7, 11) is 0. The van der Waals surface area contributed by atoms with Gasteiger partial charge in [-0.3, -0.25) is 0 Å². The predicted molar refractivity (Wildman–Crippen MR) is 96.4 cm³/mol. The maximum atomic E-state index is 3.86. The smallest absolute Gasteiger partial charge is 0.0565 e. The normalized spacial score (nSPS) is 25.5. The van der Waals surface area contributed by atoms with Crippen LogP contribution in [-0.2, 0) is 0 Å². The summed E-state index contributed by atoms with van der Waals surface area (Å²) in [5.74, 6) is 1.14. The Labute approximate surface area is 140 Å².